The lowest BCUT2D eigenvalue weighted by Gasteiger charge is -2.17. The van der Waals surface area contributed by atoms with Gasteiger partial charge in [-0.1, -0.05) is 33.6 Å². The maximum atomic E-state index is 12.8. The van der Waals surface area contributed by atoms with Gasteiger partial charge in [0.05, 0.1) is 0 Å². The SMILES string of the molecule is Fc1ccc(C(Br)=C2CCNCC2)cc1. The van der Waals surface area contributed by atoms with Crippen molar-refractivity contribution in [1.82, 2.24) is 5.32 Å². The largest absolute Gasteiger partial charge is 0.316 e. The summed E-state index contributed by atoms with van der Waals surface area (Å²) in [7, 11) is 0. The lowest BCUT2D eigenvalue weighted by molar-refractivity contribution is 0.612. The lowest BCUT2D eigenvalue weighted by atomic mass is 10.0. The molecule has 1 fully saturated rings. The summed E-state index contributed by atoms with van der Waals surface area (Å²) in [4.78, 5) is 0. The summed E-state index contributed by atoms with van der Waals surface area (Å²) in [5, 5.41) is 3.32. The van der Waals surface area contributed by atoms with Crippen molar-refractivity contribution in [3.63, 3.8) is 0 Å². The van der Waals surface area contributed by atoms with Crippen LogP contribution in [0.3, 0.4) is 0 Å². The van der Waals surface area contributed by atoms with E-state index in [1.807, 2.05) is 12.1 Å². The van der Waals surface area contributed by atoms with Gasteiger partial charge in [0.15, 0.2) is 0 Å². The Labute approximate surface area is 97.5 Å². The Bertz CT molecular complexity index is 362. The van der Waals surface area contributed by atoms with Gasteiger partial charge in [0, 0.05) is 4.48 Å². The molecular formula is C12H13BrFN. The van der Waals surface area contributed by atoms with Crippen molar-refractivity contribution in [2.45, 2.75) is 12.8 Å². The van der Waals surface area contributed by atoms with Crippen molar-refractivity contribution in [3.8, 4) is 0 Å². The second kappa shape index (κ2) is 4.90. The van der Waals surface area contributed by atoms with Crippen molar-refractivity contribution in [3.05, 3.63) is 41.2 Å². The second-order valence-corrected chi connectivity index (χ2v) is 4.47. The van der Waals surface area contributed by atoms with Crippen LogP contribution in [-0.4, -0.2) is 13.1 Å². The molecule has 0 amide bonds. The van der Waals surface area contributed by atoms with Crippen LogP contribution in [0.15, 0.2) is 29.8 Å². The summed E-state index contributed by atoms with van der Waals surface area (Å²) in [6, 6.07) is 6.62. The third-order valence-electron chi connectivity index (χ3n) is 2.62. The van der Waals surface area contributed by atoms with Crippen LogP contribution in [0.1, 0.15) is 18.4 Å². The molecule has 0 aromatic heterocycles. The molecule has 1 aliphatic heterocycles. The topological polar surface area (TPSA) is 12.0 Å². The van der Waals surface area contributed by atoms with Gasteiger partial charge in [-0.15, -0.1) is 0 Å². The van der Waals surface area contributed by atoms with E-state index < -0.39 is 0 Å². The fourth-order valence-corrected chi connectivity index (χ4v) is 2.41. The minimum Gasteiger partial charge on any atom is -0.316 e. The van der Waals surface area contributed by atoms with Crippen molar-refractivity contribution >= 4 is 20.4 Å². The molecule has 3 heteroatoms. The first-order valence-corrected chi connectivity index (χ1v) is 5.91. The Morgan fingerprint density at radius 1 is 1.13 bits per heavy atom. The van der Waals surface area contributed by atoms with Gasteiger partial charge in [-0.05, 0) is 43.6 Å². The van der Waals surface area contributed by atoms with E-state index in [1.165, 1.54) is 17.7 Å². The van der Waals surface area contributed by atoms with Gasteiger partial charge in [0.1, 0.15) is 5.82 Å². The maximum Gasteiger partial charge on any atom is 0.123 e. The molecule has 1 N–H and O–H groups in total. The molecule has 0 spiro atoms. The van der Waals surface area contributed by atoms with Crippen LogP contribution in [0.5, 0.6) is 0 Å². The molecule has 0 atom stereocenters. The van der Waals surface area contributed by atoms with Crippen LogP contribution in [0.25, 0.3) is 4.48 Å². The minimum atomic E-state index is -0.186. The highest BCUT2D eigenvalue weighted by Crippen LogP contribution is 2.29. The summed E-state index contributed by atoms with van der Waals surface area (Å²) in [6.07, 6.45) is 2.13. The van der Waals surface area contributed by atoms with Gasteiger partial charge in [0.2, 0.25) is 0 Å². The zero-order valence-electron chi connectivity index (χ0n) is 8.39. The first-order chi connectivity index (χ1) is 7.27. The molecule has 1 aromatic rings. The zero-order valence-corrected chi connectivity index (χ0v) is 9.98. The normalized spacial score (nSPS) is 16.5. The number of hydrogen-bond acceptors (Lipinski definition) is 1. The Morgan fingerprint density at radius 3 is 2.33 bits per heavy atom. The van der Waals surface area contributed by atoms with E-state index in [4.69, 9.17) is 0 Å². The average Bonchev–Trinajstić information content (AvgIpc) is 2.30. The number of benzene rings is 1. The van der Waals surface area contributed by atoms with E-state index in [0.29, 0.717) is 0 Å². The van der Waals surface area contributed by atoms with Gasteiger partial charge >= 0.3 is 0 Å². The third kappa shape index (κ3) is 2.67. The zero-order chi connectivity index (χ0) is 10.7. The summed E-state index contributed by atoms with van der Waals surface area (Å²) < 4.78 is 13.9. The standard InChI is InChI=1S/C12H13BrFN/c13-12(10-5-7-15-8-6-10)9-1-3-11(14)4-2-9/h1-4,15H,5-8H2. The molecular weight excluding hydrogens is 257 g/mol. The molecule has 1 heterocycles. The maximum absolute atomic E-state index is 12.8. The minimum absolute atomic E-state index is 0.186. The van der Waals surface area contributed by atoms with Gasteiger partial charge < -0.3 is 5.32 Å². The molecule has 0 saturated carbocycles. The Hall–Kier alpha value is -0.670. The first kappa shape index (κ1) is 10.8. The first-order valence-electron chi connectivity index (χ1n) is 5.11. The van der Waals surface area contributed by atoms with Gasteiger partial charge in [-0.25, -0.2) is 4.39 Å². The van der Waals surface area contributed by atoms with Crippen LogP contribution < -0.4 is 5.32 Å². The van der Waals surface area contributed by atoms with Crippen LogP contribution in [0.4, 0.5) is 4.39 Å². The quantitative estimate of drug-likeness (QED) is 0.825. The fraction of sp³-hybridized carbons (Fsp3) is 0.333. The Kier molecular flexibility index (Phi) is 3.54. The van der Waals surface area contributed by atoms with E-state index in [0.717, 1.165) is 36.0 Å². The smallest absolute Gasteiger partial charge is 0.123 e. The number of halogens is 2. The number of rotatable bonds is 1. The Balaban J connectivity index is 2.25. The molecule has 0 radical (unpaired) electrons. The molecule has 0 unspecified atom stereocenters. The van der Waals surface area contributed by atoms with Crippen LogP contribution in [0, 0.1) is 5.82 Å². The van der Waals surface area contributed by atoms with Gasteiger partial charge in [-0.2, -0.15) is 0 Å². The van der Waals surface area contributed by atoms with Crippen molar-refractivity contribution in [2.75, 3.05) is 13.1 Å². The summed E-state index contributed by atoms with van der Waals surface area (Å²) >= 11 is 3.60. The second-order valence-electron chi connectivity index (χ2n) is 3.67. The van der Waals surface area contributed by atoms with E-state index >= 15 is 0 Å². The molecule has 15 heavy (non-hydrogen) atoms. The fourth-order valence-electron chi connectivity index (χ4n) is 1.75. The van der Waals surface area contributed by atoms with E-state index in [2.05, 4.69) is 21.2 Å². The molecule has 0 bridgehead atoms. The molecule has 80 valence electrons. The Morgan fingerprint density at radius 2 is 1.73 bits per heavy atom. The van der Waals surface area contributed by atoms with E-state index in [1.54, 1.807) is 0 Å². The number of nitrogens with one attached hydrogen (secondary N) is 1. The van der Waals surface area contributed by atoms with E-state index in [9.17, 15) is 4.39 Å². The molecule has 1 saturated heterocycles. The van der Waals surface area contributed by atoms with Crippen LogP contribution >= 0.6 is 15.9 Å². The average molecular weight is 270 g/mol. The molecule has 2 rings (SSSR count). The summed E-state index contributed by atoms with van der Waals surface area (Å²) in [6.45, 7) is 2.07. The van der Waals surface area contributed by atoms with Crippen molar-refractivity contribution < 1.29 is 4.39 Å². The predicted molar refractivity (Wildman–Crippen MR) is 64.4 cm³/mol. The highest BCUT2D eigenvalue weighted by Gasteiger charge is 2.10. The molecule has 1 aromatic carbocycles. The third-order valence-corrected chi connectivity index (χ3v) is 3.63. The van der Waals surface area contributed by atoms with Crippen LogP contribution in [0.2, 0.25) is 0 Å². The van der Waals surface area contributed by atoms with Crippen LogP contribution in [-0.2, 0) is 0 Å². The summed E-state index contributed by atoms with van der Waals surface area (Å²) in [5.74, 6) is -0.186. The molecule has 0 aliphatic carbocycles. The van der Waals surface area contributed by atoms with Crippen molar-refractivity contribution in [1.29, 1.82) is 0 Å². The molecule has 1 nitrogen and oxygen atoms in total. The number of hydrogen-bond donors (Lipinski definition) is 1. The lowest BCUT2D eigenvalue weighted by Crippen LogP contribution is -2.23. The highest BCUT2D eigenvalue weighted by atomic mass is 79.9. The summed E-state index contributed by atoms with van der Waals surface area (Å²) in [5.41, 5.74) is 2.48. The van der Waals surface area contributed by atoms with E-state index in [-0.39, 0.29) is 5.82 Å². The monoisotopic (exact) mass is 269 g/mol. The van der Waals surface area contributed by atoms with Gasteiger partial charge in [0.25, 0.3) is 0 Å². The number of piperidine rings is 1. The predicted octanol–water partition coefficient (Wildman–Crippen LogP) is 3.32. The highest BCUT2D eigenvalue weighted by molar-refractivity contribution is 9.15. The van der Waals surface area contributed by atoms with Gasteiger partial charge in [-0.3, -0.25) is 0 Å². The van der Waals surface area contributed by atoms with Crippen molar-refractivity contribution in [2.24, 2.45) is 0 Å². The molecule has 1 aliphatic rings.